The van der Waals surface area contributed by atoms with Crippen molar-refractivity contribution in [2.24, 2.45) is 0 Å². The van der Waals surface area contributed by atoms with Gasteiger partial charge in [0, 0.05) is 37.8 Å². The van der Waals surface area contributed by atoms with Gasteiger partial charge in [0.1, 0.15) is 11.0 Å². The minimum Gasteiger partial charge on any atom is -0.368 e. The summed E-state index contributed by atoms with van der Waals surface area (Å²) >= 11 is 5.90. The topological polar surface area (TPSA) is 58.3 Å². The molecule has 1 fully saturated rings. The van der Waals surface area contributed by atoms with Crippen LogP contribution in [-0.4, -0.2) is 46.6 Å². The Morgan fingerprint density at radius 1 is 1.17 bits per heavy atom. The number of hydrogen-bond donors (Lipinski definition) is 1. The molecule has 1 aromatic heterocycles. The molecule has 1 aliphatic rings. The monoisotopic (exact) mass is 269 g/mol. The van der Waals surface area contributed by atoms with Crippen LogP contribution in [0.1, 0.15) is 20.8 Å². The number of halogens is 1. The molecule has 100 valence electrons. The van der Waals surface area contributed by atoms with Gasteiger partial charge in [-0.3, -0.25) is 4.90 Å². The average Bonchev–Trinajstić information content (AvgIpc) is 2.27. The number of nitrogens with two attached hydrogens (primary N) is 1. The van der Waals surface area contributed by atoms with E-state index in [-0.39, 0.29) is 11.5 Å². The zero-order valence-corrected chi connectivity index (χ0v) is 11.9. The van der Waals surface area contributed by atoms with Crippen LogP contribution in [0.25, 0.3) is 0 Å². The molecule has 0 aliphatic carbocycles. The van der Waals surface area contributed by atoms with Crippen molar-refractivity contribution in [3.05, 3.63) is 11.2 Å². The van der Waals surface area contributed by atoms with Crippen LogP contribution in [0.4, 0.5) is 11.8 Å². The van der Waals surface area contributed by atoms with Crippen molar-refractivity contribution < 1.29 is 0 Å². The fourth-order valence-corrected chi connectivity index (χ4v) is 2.38. The number of nitrogen functional groups attached to an aromatic ring is 1. The third-order valence-corrected chi connectivity index (χ3v) is 3.44. The summed E-state index contributed by atoms with van der Waals surface area (Å²) in [7, 11) is 0. The number of anilines is 2. The standard InChI is InChI=1S/C12H20ClN5/c1-12(2,3)18-6-4-17(5-7-18)10-8-9(13)15-11(14)16-10/h8H,4-7H2,1-3H3,(H2,14,15,16). The third-order valence-electron chi connectivity index (χ3n) is 3.25. The molecular formula is C12H20ClN5. The first-order chi connectivity index (χ1) is 8.36. The SMILES string of the molecule is CC(C)(C)N1CCN(c2cc(Cl)nc(N)n2)CC1. The highest BCUT2D eigenvalue weighted by Gasteiger charge is 2.26. The average molecular weight is 270 g/mol. The highest BCUT2D eigenvalue weighted by molar-refractivity contribution is 6.29. The lowest BCUT2D eigenvalue weighted by Gasteiger charge is -2.42. The highest BCUT2D eigenvalue weighted by atomic mass is 35.5. The predicted molar refractivity (Wildman–Crippen MR) is 75.0 cm³/mol. The second kappa shape index (κ2) is 4.90. The molecule has 1 saturated heterocycles. The van der Waals surface area contributed by atoms with E-state index in [0.717, 1.165) is 32.0 Å². The van der Waals surface area contributed by atoms with Gasteiger partial charge in [-0.15, -0.1) is 0 Å². The molecule has 0 aromatic carbocycles. The molecule has 5 nitrogen and oxygen atoms in total. The van der Waals surface area contributed by atoms with Crippen molar-refractivity contribution in [2.75, 3.05) is 36.8 Å². The van der Waals surface area contributed by atoms with Gasteiger partial charge in [0.05, 0.1) is 0 Å². The van der Waals surface area contributed by atoms with Crippen LogP contribution in [0.5, 0.6) is 0 Å². The van der Waals surface area contributed by atoms with Gasteiger partial charge in [-0.25, -0.2) is 4.98 Å². The van der Waals surface area contributed by atoms with Crippen LogP contribution >= 0.6 is 11.6 Å². The summed E-state index contributed by atoms with van der Waals surface area (Å²) in [6, 6.07) is 1.77. The van der Waals surface area contributed by atoms with Crippen molar-refractivity contribution in [3.8, 4) is 0 Å². The maximum absolute atomic E-state index is 5.90. The van der Waals surface area contributed by atoms with Gasteiger partial charge in [0.15, 0.2) is 0 Å². The predicted octanol–water partition coefficient (Wildman–Crippen LogP) is 1.63. The minimum atomic E-state index is 0.217. The lowest BCUT2D eigenvalue weighted by atomic mass is 10.1. The number of piperazine rings is 1. The lowest BCUT2D eigenvalue weighted by Crippen LogP contribution is -2.53. The second-order valence-corrected chi connectivity index (χ2v) is 5.94. The Balaban J connectivity index is 2.05. The summed E-state index contributed by atoms with van der Waals surface area (Å²) in [5.41, 5.74) is 5.84. The Morgan fingerprint density at radius 3 is 2.28 bits per heavy atom. The van der Waals surface area contributed by atoms with Gasteiger partial charge in [0.2, 0.25) is 5.95 Å². The fourth-order valence-electron chi connectivity index (χ4n) is 2.19. The van der Waals surface area contributed by atoms with Gasteiger partial charge in [-0.2, -0.15) is 4.98 Å². The van der Waals surface area contributed by atoms with E-state index in [9.17, 15) is 0 Å². The van der Waals surface area contributed by atoms with Crippen molar-refractivity contribution in [1.29, 1.82) is 0 Å². The van der Waals surface area contributed by atoms with Crippen LogP contribution in [-0.2, 0) is 0 Å². The molecule has 0 spiro atoms. The first-order valence-corrected chi connectivity index (χ1v) is 6.54. The van der Waals surface area contributed by atoms with E-state index in [1.165, 1.54) is 0 Å². The summed E-state index contributed by atoms with van der Waals surface area (Å²) in [5, 5.41) is 0.399. The van der Waals surface area contributed by atoms with Crippen LogP contribution < -0.4 is 10.6 Å². The number of nitrogens with zero attached hydrogens (tertiary/aromatic N) is 4. The first-order valence-electron chi connectivity index (χ1n) is 6.16. The Labute approximate surface area is 113 Å². The summed E-state index contributed by atoms with van der Waals surface area (Å²) in [4.78, 5) is 12.8. The van der Waals surface area contributed by atoms with Crippen LogP contribution in [0, 0.1) is 0 Å². The van der Waals surface area contributed by atoms with Crippen molar-refractivity contribution >= 4 is 23.4 Å². The second-order valence-electron chi connectivity index (χ2n) is 5.55. The van der Waals surface area contributed by atoms with E-state index in [1.54, 1.807) is 6.07 Å². The molecule has 0 bridgehead atoms. The van der Waals surface area contributed by atoms with Crippen LogP contribution in [0.3, 0.4) is 0 Å². The summed E-state index contributed by atoms with van der Waals surface area (Å²) in [6.45, 7) is 10.6. The molecule has 18 heavy (non-hydrogen) atoms. The van der Waals surface area contributed by atoms with E-state index in [0.29, 0.717) is 5.15 Å². The quantitative estimate of drug-likeness (QED) is 0.786. The third kappa shape index (κ3) is 3.03. The molecule has 2 N–H and O–H groups in total. The molecular weight excluding hydrogens is 250 g/mol. The van der Waals surface area contributed by atoms with Gasteiger partial charge in [0.25, 0.3) is 0 Å². The molecule has 0 radical (unpaired) electrons. The molecule has 1 aromatic rings. The zero-order valence-electron chi connectivity index (χ0n) is 11.1. The van der Waals surface area contributed by atoms with Crippen molar-refractivity contribution in [1.82, 2.24) is 14.9 Å². The normalized spacial score (nSPS) is 18.1. The van der Waals surface area contributed by atoms with Gasteiger partial charge in [-0.05, 0) is 20.8 Å². The molecule has 0 amide bonds. The first kappa shape index (κ1) is 13.4. The molecule has 2 heterocycles. The molecule has 6 heteroatoms. The van der Waals surface area contributed by atoms with Gasteiger partial charge in [-0.1, -0.05) is 11.6 Å². The Morgan fingerprint density at radius 2 is 1.78 bits per heavy atom. The van der Waals surface area contributed by atoms with E-state index < -0.39 is 0 Å². The Bertz CT molecular complexity index is 401. The van der Waals surface area contributed by atoms with E-state index in [1.807, 2.05) is 0 Å². The van der Waals surface area contributed by atoms with Gasteiger partial charge >= 0.3 is 0 Å². The van der Waals surface area contributed by atoms with Crippen molar-refractivity contribution in [2.45, 2.75) is 26.3 Å². The number of rotatable bonds is 1. The maximum atomic E-state index is 5.90. The molecule has 0 atom stereocenters. The fraction of sp³-hybridized carbons (Fsp3) is 0.667. The molecule has 0 unspecified atom stereocenters. The lowest BCUT2D eigenvalue weighted by molar-refractivity contribution is 0.128. The summed E-state index contributed by atoms with van der Waals surface area (Å²) in [6.07, 6.45) is 0. The molecule has 0 saturated carbocycles. The Hall–Kier alpha value is -1.07. The summed E-state index contributed by atoms with van der Waals surface area (Å²) < 4.78 is 0. The van der Waals surface area contributed by atoms with E-state index >= 15 is 0 Å². The molecule has 1 aliphatic heterocycles. The van der Waals surface area contributed by atoms with Crippen LogP contribution in [0.15, 0.2) is 6.07 Å². The molecule has 2 rings (SSSR count). The minimum absolute atomic E-state index is 0.217. The number of hydrogen-bond acceptors (Lipinski definition) is 5. The summed E-state index contributed by atoms with van der Waals surface area (Å²) in [5.74, 6) is 1.05. The number of aromatic nitrogens is 2. The maximum Gasteiger partial charge on any atom is 0.223 e. The van der Waals surface area contributed by atoms with Crippen molar-refractivity contribution in [3.63, 3.8) is 0 Å². The smallest absolute Gasteiger partial charge is 0.223 e. The van der Waals surface area contributed by atoms with Gasteiger partial charge < -0.3 is 10.6 Å². The van der Waals surface area contributed by atoms with E-state index in [2.05, 4.69) is 40.5 Å². The van der Waals surface area contributed by atoms with E-state index in [4.69, 9.17) is 17.3 Å². The largest absolute Gasteiger partial charge is 0.368 e. The highest BCUT2D eigenvalue weighted by Crippen LogP contribution is 2.21. The van der Waals surface area contributed by atoms with Crippen LogP contribution in [0.2, 0.25) is 5.15 Å². The zero-order chi connectivity index (χ0) is 13.3. The Kier molecular flexibility index (Phi) is 3.64.